The second-order valence-electron chi connectivity index (χ2n) is 9.62. The summed E-state index contributed by atoms with van der Waals surface area (Å²) in [5, 5.41) is 19.3. The first kappa shape index (κ1) is 26.9. The van der Waals surface area contributed by atoms with Gasteiger partial charge in [-0.3, -0.25) is 0 Å². The quantitative estimate of drug-likeness (QED) is 0.579. The molecule has 1 fully saturated rings. The minimum Gasteiger partial charge on any atom is -0.487 e. The summed E-state index contributed by atoms with van der Waals surface area (Å²) in [6.45, 7) is 8.41. The van der Waals surface area contributed by atoms with Gasteiger partial charge in [0.1, 0.15) is 22.9 Å². The van der Waals surface area contributed by atoms with Gasteiger partial charge >= 0.3 is 0 Å². The Kier molecular flexibility index (Phi) is 9.38. The number of likely N-dealkylation sites (N-methyl/N-ethyl adjacent to an activating group) is 1. The molecule has 0 bridgehead atoms. The summed E-state index contributed by atoms with van der Waals surface area (Å²) in [7, 11) is -1.82. The van der Waals surface area contributed by atoms with Gasteiger partial charge < -0.3 is 24.6 Å². The molecular weight excluding hydrogens is 456 g/mol. The van der Waals surface area contributed by atoms with Crippen LogP contribution in [-0.2, 0) is 14.8 Å². The van der Waals surface area contributed by atoms with E-state index in [4.69, 9.17) is 9.47 Å². The van der Waals surface area contributed by atoms with E-state index in [-0.39, 0.29) is 35.8 Å². The predicted molar refractivity (Wildman–Crippen MR) is 130 cm³/mol. The first-order chi connectivity index (χ1) is 16.1. The largest absolute Gasteiger partial charge is 0.487 e. The summed E-state index contributed by atoms with van der Waals surface area (Å²) >= 11 is 0. The number of aliphatic hydroxyl groups excluding tert-OH is 2. The molecule has 2 N–H and O–H groups in total. The fourth-order valence-electron chi connectivity index (χ4n) is 4.46. The molecule has 0 spiro atoms. The molecule has 190 valence electrons. The van der Waals surface area contributed by atoms with Crippen LogP contribution in [0.4, 0.5) is 0 Å². The minimum atomic E-state index is -3.89. The van der Waals surface area contributed by atoms with Gasteiger partial charge in [0.05, 0.1) is 6.61 Å². The minimum absolute atomic E-state index is 0.0689. The number of hydrogen-bond acceptors (Lipinski definition) is 7. The number of rotatable bonds is 6. The van der Waals surface area contributed by atoms with E-state index in [9.17, 15) is 18.6 Å². The highest BCUT2D eigenvalue weighted by Crippen LogP contribution is 2.34. The molecule has 2 aliphatic heterocycles. The lowest BCUT2D eigenvalue weighted by atomic mass is 9.98. The molecule has 0 radical (unpaired) electrons. The van der Waals surface area contributed by atoms with Crippen molar-refractivity contribution in [2.45, 2.75) is 56.8 Å². The highest BCUT2D eigenvalue weighted by Gasteiger charge is 2.38. The zero-order valence-electron chi connectivity index (χ0n) is 20.6. The summed E-state index contributed by atoms with van der Waals surface area (Å²) in [6, 6.07) is 4.20. The second-order valence-corrected chi connectivity index (χ2v) is 11.5. The van der Waals surface area contributed by atoms with Gasteiger partial charge in [0.25, 0.3) is 0 Å². The van der Waals surface area contributed by atoms with Crippen molar-refractivity contribution < 1.29 is 28.1 Å². The first-order valence-electron chi connectivity index (χ1n) is 12.0. The lowest BCUT2D eigenvalue weighted by Gasteiger charge is -2.38. The monoisotopic (exact) mass is 494 g/mol. The number of fused-ring (bicyclic) bond motifs is 1. The van der Waals surface area contributed by atoms with Gasteiger partial charge in [-0.2, -0.15) is 4.31 Å². The molecule has 1 saturated heterocycles. The molecule has 2 heterocycles. The molecule has 2 aliphatic rings. The molecule has 0 unspecified atom stereocenters. The summed E-state index contributed by atoms with van der Waals surface area (Å²) in [5.74, 6) is 6.28. The van der Waals surface area contributed by atoms with Crippen LogP contribution in [0.15, 0.2) is 23.1 Å². The van der Waals surface area contributed by atoms with Crippen LogP contribution in [0, 0.1) is 23.7 Å². The zero-order chi connectivity index (χ0) is 24.9. The molecular formula is C25H38N2O6S. The smallest absolute Gasteiger partial charge is 0.247 e. The average Bonchev–Trinajstić information content (AvgIpc) is 2.80. The average molecular weight is 495 g/mol. The third-order valence-electron chi connectivity index (χ3n) is 6.49. The van der Waals surface area contributed by atoms with Crippen molar-refractivity contribution >= 4 is 10.0 Å². The van der Waals surface area contributed by atoms with Crippen molar-refractivity contribution in [3.63, 3.8) is 0 Å². The number of ether oxygens (including phenoxy) is 2. The normalized spacial score (nSPS) is 25.3. The maximum absolute atomic E-state index is 13.5. The van der Waals surface area contributed by atoms with Crippen LogP contribution in [0.25, 0.3) is 0 Å². The highest BCUT2D eigenvalue weighted by molar-refractivity contribution is 7.89. The number of hydrogen-bond donors (Lipinski definition) is 2. The predicted octanol–water partition coefficient (Wildman–Crippen LogP) is 1.55. The Bertz CT molecular complexity index is 981. The Morgan fingerprint density at radius 3 is 2.59 bits per heavy atom. The number of benzene rings is 1. The third-order valence-corrected chi connectivity index (χ3v) is 8.51. The number of sulfonamides is 1. The van der Waals surface area contributed by atoms with Crippen molar-refractivity contribution in [3.05, 3.63) is 23.8 Å². The second kappa shape index (κ2) is 11.8. The highest BCUT2D eigenvalue weighted by atomic mass is 32.2. The Morgan fingerprint density at radius 1 is 1.24 bits per heavy atom. The molecule has 34 heavy (non-hydrogen) atoms. The van der Waals surface area contributed by atoms with Crippen molar-refractivity contribution in [2.75, 3.05) is 46.5 Å². The number of aliphatic hydroxyl groups is 2. The van der Waals surface area contributed by atoms with E-state index in [0.717, 1.165) is 32.6 Å². The molecule has 0 saturated carbocycles. The number of nitrogens with zero attached hydrogens (tertiary/aromatic N) is 2. The Labute approximate surface area is 203 Å². The molecule has 4 atom stereocenters. The lowest BCUT2D eigenvalue weighted by Crippen LogP contribution is -2.50. The Balaban J connectivity index is 1.94. The zero-order valence-corrected chi connectivity index (χ0v) is 21.4. The van der Waals surface area contributed by atoms with Crippen LogP contribution >= 0.6 is 0 Å². The topological polar surface area (TPSA) is 99.5 Å². The first-order valence-corrected chi connectivity index (χ1v) is 13.4. The van der Waals surface area contributed by atoms with E-state index < -0.39 is 22.2 Å². The molecule has 3 rings (SSSR count). The van der Waals surface area contributed by atoms with E-state index in [1.54, 1.807) is 26.0 Å². The van der Waals surface area contributed by atoms with Crippen LogP contribution in [0.2, 0.25) is 0 Å². The molecule has 8 nitrogen and oxygen atoms in total. The SMILES string of the molecule is C[C@@H]1CN([C@H](C)CO)S(=O)(=O)c2ccc(C#C[C@@H](C)O)cc2O[C@H]1CN(C)CC1CCOCC1. The summed E-state index contributed by atoms with van der Waals surface area (Å²) in [4.78, 5) is 2.32. The summed E-state index contributed by atoms with van der Waals surface area (Å²) in [5.41, 5.74) is 0.569. The fourth-order valence-corrected chi connectivity index (χ4v) is 6.29. The van der Waals surface area contributed by atoms with Crippen molar-refractivity contribution in [3.8, 4) is 17.6 Å². The molecule has 0 aromatic heterocycles. The Morgan fingerprint density at radius 2 is 1.94 bits per heavy atom. The van der Waals surface area contributed by atoms with Crippen molar-refractivity contribution in [1.29, 1.82) is 0 Å². The van der Waals surface area contributed by atoms with Crippen molar-refractivity contribution in [1.82, 2.24) is 9.21 Å². The van der Waals surface area contributed by atoms with E-state index in [2.05, 4.69) is 23.8 Å². The van der Waals surface area contributed by atoms with Crippen LogP contribution in [0.3, 0.4) is 0 Å². The summed E-state index contributed by atoms with van der Waals surface area (Å²) < 4.78 is 40.3. The van der Waals surface area contributed by atoms with Gasteiger partial charge in [0.2, 0.25) is 10.0 Å². The molecule has 1 aromatic carbocycles. The van der Waals surface area contributed by atoms with E-state index in [0.29, 0.717) is 18.0 Å². The maximum atomic E-state index is 13.5. The van der Waals surface area contributed by atoms with E-state index in [1.165, 1.54) is 10.4 Å². The third kappa shape index (κ3) is 6.72. The van der Waals surface area contributed by atoms with E-state index in [1.807, 2.05) is 6.92 Å². The van der Waals surface area contributed by atoms with Gasteiger partial charge in [0, 0.05) is 50.4 Å². The van der Waals surface area contributed by atoms with Crippen LogP contribution in [0.5, 0.6) is 5.75 Å². The Hall–Kier alpha value is -1.67. The van der Waals surface area contributed by atoms with Gasteiger partial charge in [-0.15, -0.1) is 0 Å². The van der Waals surface area contributed by atoms with Crippen LogP contribution in [-0.4, -0.2) is 92.6 Å². The summed E-state index contributed by atoms with van der Waals surface area (Å²) in [6.07, 6.45) is 1.03. The van der Waals surface area contributed by atoms with Crippen LogP contribution < -0.4 is 4.74 Å². The lowest BCUT2D eigenvalue weighted by molar-refractivity contribution is 0.0402. The van der Waals surface area contributed by atoms with E-state index >= 15 is 0 Å². The van der Waals surface area contributed by atoms with Gasteiger partial charge in [-0.05, 0) is 57.9 Å². The maximum Gasteiger partial charge on any atom is 0.247 e. The molecule has 9 heteroatoms. The van der Waals surface area contributed by atoms with Crippen molar-refractivity contribution in [2.24, 2.45) is 11.8 Å². The molecule has 1 aromatic rings. The van der Waals surface area contributed by atoms with Gasteiger partial charge in [-0.1, -0.05) is 18.8 Å². The van der Waals surface area contributed by atoms with Crippen LogP contribution in [0.1, 0.15) is 39.2 Å². The standard InChI is InChI=1S/C25H38N2O6S/c1-18-14-27(19(2)17-28)34(30,31)25-8-7-21(6-5-20(3)29)13-23(25)33-24(18)16-26(4)15-22-9-11-32-12-10-22/h7-8,13,18-20,22,24,28-29H,9-12,14-17H2,1-4H3/t18-,19-,20-,24+/m1/s1. The van der Waals surface area contributed by atoms with Gasteiger partial charge in [-0.25, -0.2) is 8.42 Å². The fraction of sp³-hybridized carbons (Fsp3) is 0.680. The van der Waals surface area contributed by atoms with Gasteiger partial charge in [0.15, 0.2) is 0 Å². The molecule has 0 amide bonds. The molecule has 0 aliphatic carbocycles.